The Morgan fingerprint density at radius 1 is 1.00 bits per heavy atom. The Kier molecular flexibility index (Phi) is 9.23. The highest BCUT2D eigenvalue weighted by Gasteiger charge is 2.48. The lowest BCUT2D eigenvalue weighted by atomic mass is 10.1. The van der Waals surface area contributed by atoms with E-state index in [2.05, 4.69) is 28.3 Å². The third kappa shape index (κ3) is 6.70. The molecule has 0 radical (unpaired) electrons. The number of nitrogens with two attached hydrogens (primary N) is 1. The Balaban J connectivity index is 1.15. The van der Waals surface area contributed by atoms with E-state index in [1.54, 1.807) is 6.08 Å². The molecule has 242 valence electrons. The predicted molar refractivity (Wildman–Crippen MR) is 141 cm³/mol. The summed E-state index contributed by atoms with van der Waals surface area (Å²) in [5, 5.41) is 41.6. The van der Waals surface area contributed by atoms with Gasteiger partial charge in [-0.3, -0.25) is 23.2 Å². The van der Waals surface area contributed by atoms with E-state index in [4.69, 9.17) is 15.2 Å². The van der Waals surface area contributed by atoms with Crippen molar-refractivity contribution in [3.8, 4) is 0 Å². The Morgan fingerprint density at radius 2 is 1.59 bits per heavy atom. The predicted octanol–water partition coefficient (Wildman–Crippen LogP) is -3.32. The molecule has 44 heavy (non-hydrogen) atoms. The highest BCUT2D eigenvalue weighted by Crippen LogP contribution is 2.60. The smallest absolute Gasteiger partial charge is 0.387 e. The lowest BCUT2D eigenvalue weighted by Crippen LogP contribution is -2.42. The van der Waals surface area contributed by atoms with Crippen LogP contribution in [0.1, 0.15) is 6.23 Å². The number of amides is 1. The van der Waals surface area contributed by atoms with E-state index in [0.29, 0.717) is 0 Å². The molecule has 10 atom stereocenters. The highest BCUT2D eigenvalue weighted by molar-refractivity contribution is 7.61. The van der Waals surface area contributed by atoms with Crippen LogP contribution in [0.15, 0.2) is 41.4 Å². The molecular formula is C21H28N6O15P2. The second-order valence-electron chi connectivity index (χ2n) is 9.81. The summed E-state index contributed by atoms with van der Waals surface area (Å²) < 4.78 is 50.6. The van der Waals surface area contributed by atoms with Crippen LogP contribution in [0.2, 0.25) is 0 Å². The standard InChI is InChI=1S/C21H28N6O15P2/c22-17(32)9-2-1-3-26(4-9)20-15(30)13(28)10(40-20)5-38-43(34,35)42-44(36,37)39-6-11-14(29)16(31)21(41-11)27-8-25-12-18(27)23-7-24-19(12)33/h1-2,4,7-8,10-11,13-16,20-21,28-31H,3,5-6H2,(H2,22,32)(H,34,35)(H,36,37)(H,23,24,33)/t10-,11-,13-,14-,15-,16-,20-,21-/m1/s1. The van der Waals surface area contributed by atoms with Crippen LogP contribution in [-0.2, 0) is 36.8 Å². The fourth-order valence-electron chi connectivity index (χ4n) is 4.70. The van der Waals surface area contributed by atoms with E-state index in [0.717, 1.165) is 17.2 Å². The molecule has 3 aliphatic heterocycles. The molecule has 0 aromatic carbocycles. The van der Waals surface area contributed by atoms with Crippen molar-refractivity contribution in [1.82, 2.24) is 24.4 Å². The first-order valence-electron chi connectivity index (χ1n) is 12.7. The molecule has 21 nitrogen and oxygen atoms in total. The minimum atomic E-state index is -5.39. The average molecular weight is 666 g/mol. The number of hydrogen-bond donors (Lipinski definition) is 8. The van der Waals surface area contributed by atoms with Gasteiger partial charge in [-0.25, -0.2) is 19.1 Å². The van der Waals surface area contributed by atoms with E-state index in [9.17, 15) is 48.9 Å². The van der Waals surface area contributed by atoms with Gasteiger partial charge in [-0.1, -0.05) is 12.2 Å². The third-order valence-electron chi connectivity index (χ3n) is 6.85. The molecule has 2 aromatic heterocycles. The van der Waals surface area contributed by atoms with Gasteiger partial charge in [-0.05, 0) is 0 Å². The van der Waals surface area contributed by atoms with E-state index in [1.807, 2.05) is 0 Å². The van der Waals surface area contributed by atoms with Gasteiger partial charge in [0.2, 0.25) is 5.91 Å². The summed E-state index contributed by atoms with van der Waals surface area (Å²) in [5.74, 6) is -0.750. The van der Waals surface area contributed by atoms with E-state index in [1.165, 1.54) is 17.2 Å². The molecule has 2 saturated heterocycles. The van der Waals surface area contributed by atoms with Gasteiger partial charge in [0.1, 0.15) is 36.6 Å². The maximum absolute atomic E-state index is 12.4. The van der Waals surface area contributed by atoms with Crippen molar-refractivity contribution in [2.24, 2.45) is 5.73 Å². The van der Waals surface area contributed by atoms with Gasteiger partial charge >= 0.3 is 15.6 Å². The molecule has 2 unspecified atom stereocenters. The molecule has 0 saturated carbocycles. The van der Waals surface area contributed by atoms with Crippen molar-refractivity contribution in [3.63, 3.8) is 0 Å². The quantitative estimate of drug-likeness (QED) is 0.109. The van der Waals surface area contributed by atoms with Gasteiger partial charge in [0.05, 0.1) is 31.4 Å². The highest BCUT2D eigenvalue weighted by atomic mass is 31.3. The summed E-state index contributed by atoms with van der Waals surface area (Å²) in [6.45, 7) is -1.66. The zero-order chi connectivity index (χ0) is 32.0. The Hall–Kier alpha value is -2.88. The number of aromatic nitrogens is 4. The van der Waals surface area contributed by atoms with Crippen LogP contribution in [0.4, 0.5) is 0 Å². The number of carbonyl (C=O) groups is 1. The first-order valence-corrected chi connectivity index (χ1v) is 15.7. The minimum absolute atomic E-state index is 0.0101. The van der Waals surface area contributed by atoms with Crippen LogP contribution < -0.4 is 11.3 Å². The number of imidazole rings is 1. The number of H-pyrrole nitrogens is 1. The fraction of sp³-hybridized carbons (Fsp3) is 0.524. The number of ether oxygens (including phenoxy) is 2. The van der Waals surface area contributed by atoms with Gasteiger partial charge in [0, 0.05) is 12.7 Å². The van der Waals surface area contributed by atoms with Crippen molar-refractivity contribution in [2.75, 3.05) is 19.8 Å². The maximum Gasteiger partial charge on any atom is 0.481 e. The first kappa shape index (κ1) is 32.5. The number of nitrogens with one attached hydrogen (secondary N) is 1. The molecule has 0 spiro atoms. The molecule has 5 heterocycles. The van der Waals surface area contributed by atoms with Crippen LogP contribution in [0.5, 0.6) is 0 Å². The number of aromatic amines is 1. The lowest BCUT2D eigenvalue weighted by molar-refractivity contribution is -0.114. The van der Waals surface area contributed by atoms with Crippen molar-refractivity contribution < 1.29 is 67.0 Å². The van der Waals surface area contributed by atoms with Crippen molar-refractivity contribution >= 4 is 32.7 Å². The maximum atomic E-state index is 12.4. The largest absolute Gasteiger partial charge is 0.481 e. The van der Waals surface area contributed by atoms with Crippen LogP contribution in [0, 0.1) is 0 Å². The molecular weight excluding hydrogens is 638 g/mol. The number of phosphoric acid groups is 2. The summed E-state index contributed by atoms with van der Waals surface area (Å²) in [4.78, 5) is 54.8. The minimum Gasteiger partial charge on any atom is -0.387 e. The van der Waals surface area contributed by atoms with Crippen LogP contribution >= 0.6 is 15.6 Å². The lowest BCUT2D eigenvalue weighted by Gasteiger charge is -2.30. The average Bonchev–Trinajstić information content (AvgIpc) is 3.61. The van der Waals surface area contributed by atoms with Gasteiger partial charge < -0.3 is 55.3 Å². The summed E-state index contributed by atoms with van der Waals surface area (Å²) in [5.41, 5.74) is 4.70. The zero-order valence-corrected chi connectivity index (χ0v) is 24.0. The molecule has 0 aliphatic carbocycles. The summed E-state index contributed by atoms with van der Waals surface area (Å²) >= 11 is 0. The molecule has 2 fully saturated rings. The normalized spacial score (nSPS) is 33.3. The molecule has 3 aliphatic rings. The summed E-state index contributed by atoms with van der Waals surface area (Å²) in [7, 11) is -10.8. The molecule has 2 aromatic rings. The molecule has 23 heteroatoms. The topological polar surface area (TPSA) is 312 Å². The summed E-state index contributed by atoms with van der Waals surface area (Å²) in [6, 6.07) is 0. The van der Waals surface area contributed by atoms with E-state index >= 15 is 0 Å². The Labute approximate surface area is 245 Å². The first-order chi connectivity index (χ1) is 20.7. The van der Waals surface area contributed by atoms with Gasteiger partial charge in [0.15, 0.2) is 23.6 Å². The van der Waals surface area contributed by atoms with Crippen molar-refractivity contribution in [1.29, 1.82) is 0 Å². The monoisotopic (exact) mass is 666 g/mol. The Bertz CT molecular complexity index is 1610. The number of rotatable bonds is 11. The number of carbonyl (C=O) groups excluding carboxylic acids is 1. The zero-order valence-electron chi connectivity index (χ0n) is 22.2. The number of fused-ring (bicyclic) bond motifs is 1. The van der Waals surface area contributed by atoms with E-state index in [-0.39, 0.29) is 23.3 Å². The molecule has 0 bridgehead atoms. The number of aliphatic hydroxyl groups is 4. The molecule has 5 rings (SSSR count). The number of nitrogens with zero attached hydrogens (tertiary/aromatic N) is 4. The second kappa shape index (κ2) is 12.5. The van der Waals surface area contributed by atoms with Gasteiger partial charge in [-0.15, -0.1) is 0 Å². The Morgan fingerprint density at radius 3 is 2.20 bits per heavy atom. The molecule has 9 N–H and O–H groups in total. The summed E-state index contributed by atoms with van der Waals surface area (Å²) in [6.07, 6.45) is -5.45. The van der Waals surface area contributed by atoms with Crippen LogP contribution in [-0.4, -0.2) is 123 Å². The van der Waals surface area contributed by atoms with Gasteiger partial charge in [-0.2, -0.15) is 4.31 Å². The van der Waals surface area contributed by atoms with Crippen molar-refractivity contribution in [2.45, 2.75) is 49.1 Å². The molecule has 1 amide bonds. The van der Waals surface area contributed by atoms with Gasteiger partial charge in [0.25, 0.3) is 5.56 Å². The van der Waals surface area contributed by atoms with E-state index < -0.39 is 89.4 Å². The number of aliphatic hydroxyl groups excluding tert-OH is 4. The van der Waals surface area contributed by atoms with Crippen LogP contribution in [0.25, 0.3) is 11.2 Å². The SMILES string of the molecule is NC(=O)C1=CN([C@@H]2O[C@H](COP(=O)(O)OP(=O)(O)OC[C@H]3O[C@@H](n4cnc5c(=O)[nH]cnc54)[C@H](O)[C@@H]3O)[C@@H](O)[C@H]2O)CC=C1. The van der Waals surface area contributed by atoms with Crippen LogP contribution in [0.3, 0.4) is 0 Å². The third-order valence-corrected chi connectivity index (χ3v) is 9.46. The number of primary amides is 1. The number of hydrogen-bond acceptors (Lipinski definition) is 16. The second-order valence-corrected chi connectivity index (χ2v) is 12.9. The fourth-order valence-corrected chi connectivity index (χ4v) is 6.79. The van der Waals surface area contributed by atoms with Crippen molar-refractivity contribution in [3.05, 3.63) is 46.9 Å². The number of phosphoric ester groups is 2.